The van der Waals surface area contributed by atoms with E-state index < -0.39 is 0 Å². The number of para-hydroxylation sites is 1. The van der Waals surface area contributed by atoms with E-state index in [1.54, 1.807) is 0 Å². The van der Waals surface area contributed by atoms with Crippen molar-refractivity contribution in [1.29, 1.82) is 0 Å². The van der Waals surface area contributed by atoms with E-state index in [1.807, 2.05) is 43.3 Å². The van der Waals surface area contributed by atoms with Crippen molar-refractivity contribution in [2.75, 3.05) is 25.3 Å². The molecule has 3 heterocycles. The third-order valence-corrected chi connectivity index (χ3v) is 4.85. The van der Waals surface area contributed by atoms with Crippen molar-refractivity contribution in [1.82, 2.24) is 0 Å². The molecule has 0 radical (unpaired) electrons. The molecule has 0 unspecified atom stereocenters. The predicted octanol–water partition coefficient (Wildman–Crippen LogP) is 3.18. The number of benzene rings is 2. The number of hydrogen-bond acceptors (Lipinski definition) is 6. The number of ether oxygens (including phenoxy) is 4. The molecule has 0 spiro atoms. The summed E-state index contributed by atoms with van der Waals surface area (Å²) in [7, 11) is 0. The summed E-state index contributed by atoms with van der Waals surface area (Å²) in [4.78, 5) is 12.5. The molecule has 26 heavy (non-hydrogen) atoms. The Morgan fingerprint density at radius 1 is 1.12 bits per heavy atom. The van der Waals surface area contributed by atoms with E-state index in [0.29, 0.717) is 23.7 Å². The van der Waals surface area contributed by atoms with Gasteiger partial charge in [0.25, 0.3) is 0 Å². The molecule has 0 saturated heterocycles. The Kier molecular flexibility index (Phi) is 3.31. The molecule has 0 amide bonds. The van der Waals surface area contributed by atoms with Crippen molar-refractivity contribution in [3.63, 3.8) is 0 Å². The van der Waals surface area contributed by atoms with E-state index in [0.717, 1.165) is 28.3 Å². The van der Waals surface area contributed by atoms with Gasteiger partial charge < -0.3 is 24.3 Å². The molecule has 132 valence electrons. The summed E-state index contributed by atoms with van der Waals surface area (Å²) in [6.45, 7) is 2.94. The van der Waals surface area contributed by atoms with Crippen LogP contribution in [0.5, 0.6) is 17.2 Å². The average molecular weight is 351 g/mol. The van der Waals surface area contributed by atoms with Gasteiger partial charge in [0.2, 0.25) is 6.79 Å². The van der Waals surface area contributed by atoms with Gasteiger partial charge in [-0.1, -0.05) is 18.2 Å². The Bertz CT molecular complexity index is 949. The molecule has 3 aliphatic rings. The molecular formula is C20H17NO5. The molecular weight excluding hydrogens is 334 g/mol. The van der Waals surface area contributed by atoms with E-state index in [-0.39, 0.29) is 25.3 Å². The molecule has 2 aromatic carbocycles. The Hall–Kier alpha value is -3.15. The number of hydrogen-bond donors (Lipinski definition) is 1. The highest BCUT2D eigenvalue weighted by Gasteiger charge is 2.40. The van der Waals surface area contributed by atoms with Crippen LogP contribution in [-0.4, -0.2) is 26.0 Å². The molecule has 0 aliphatic carbocycles. The summed E-state index contributed by atoms with van der Waals surface area (Å²) in [5.41, 5.74) is 4.19. The van der Waals surface area contributed by atoms with E-state index >= 15 is 0 Å². The summed E-state index contributed by atoms with van der Waals surface area (Å²) in [6, 6.07) is 11.7. The zero-order valence-electron chi connectivity index (χ0n) is 14.2. The number of cyclic esters (lactones) is 1. The maximum atomic E-state index is 12.5. The average Bonchev–Trinajstić information content (AvgIpc) is 3.25. The first-order valence-corrected chi connectivity index (χ1v) is 8.58. The molecule has 1 atom stereocenters. The summed E-state index contributed by atoms with van der Waals surface area (Å²) in [5, 5.41) is 3.33. The van der Waals surface area contributed by atoms with Gasteiger partial charge in [-0.2, -0.15) is 0 Å². The lowest BCUT2D eigenvalue weighted by Crippen LogP contribution is -2.20. The Morgan fingerprint density at radius 3 is 2.77 bits per heavy atom. The second-order valence-corrected chi connectivity index (χ2v) is 6.29. The summed E-state index contributed by atoms with van der Waals surface area (Å²) >= 11 is 0. The first kappa shape index (κ1) is 15.1. The van der Waals surface area contributed by atoms with Gasteiger partial charge >= 0.3 is 5.97 Å². The van der Waals surface area contributed by atoms with Crippen molar-refractivity contribution in [2.45, 2.75) is 12.8 Å². The number of nitrogens with one attached hydrogen (secondary N) is 1. The van der Waals surface area contributed by atoms with Gasteiger partial charge in [-0.25, -0.2) is 4.79 Å². The Balaban J connectivity index is 1.73. The number of rotatable bonds is 3. The van der Waals surface area contributed by atoms with Crippen LogP contribution in [0.4, 0.5) is 5.69 Å². The topological polar surface area (TPSA) is 66.0 Å². The molecule has 0 fully saturated rings. The van der Waals surface area contributed by atoms with Crippen molar-refractivity contribution in [2.24, 2.45) is 0 Å². The maximum Gasteiger partial charge on any atom is 0.337 e. The molecule has 0 bridgehead atoms. The van der Waals surface area contributed by atoms with Gasteiger partial charge in [-0.05, 0) is 24.6 Å². The fourth-order valence-corrected chi connectivity index (χ4v) is 3.76. The second-order valence-electron chi connectivity index (χ2n) is 6.29. The SMILES string of the molecule is CCOc1ccccc1[C@H]1C2=C(COC2=O)Nc2cc3c(cc21)OCO3. The van der Waals surface area contributed by atoms with Crippen LogP contribution in [0.2, 0.25) is 0 Å². The Morgan fingerprint density at radius 2 is 1.92 bits per heavy atom. The zero-order chi connectivity index (χ0) is 17.7. The summed E-state index contributed by atoms with van der Waals surface area (Å²) in [6.07, 6.45) is 0. The number of esters is 1. The van der Waals surface area contributed by atoms with Crippen LogP contribution in [0.25, 0.3) is 0 Å². The minimum Gasteiger partial charge on any atom is -0.494 e. The molecule has 0 saturated carbocycles. The molecule has 5 rings (SSSR count). The fourth-order valence-electron chi connectivity index (χ4n) is 3.76. The maximum absolute atomic E-state index is 12.5. The van der Waals surface area contributed by atoms with Crippen molar-refractivity contribution >= 4 is 11.7 Å². The number of carbonyl (C=O) groups is 1. The molecule has 2 aromatic rings. The van der Waals surface area contributed by atoms with E-state index in [1.165, 1.54) is 0 Å². The van der Waals surface area contributed by atoms with E-state index in [4.69, 9.17) is 18.9 Å². The third-order valence-electron chi connectivity index (χ3n) is 4.85. The predicted molar refractivity (Wildman–Crippen MR) is 93.6 cm³/mol. The first-order chi connectivity index (χ1) is 12.8. The first-order valence-electron chi connectivity index (χ1n) is 8.58. The minimum absolute atomic E-state index is 0.202. The number of fused-ring (bicyclic) bond motifs is 2. The van der Waals surface area contributed by atoms with Crippen LogP contribution in [0.15, 0.2) is 47.7 Å². The van der Waals surface area contributed by atoms with Gasteiger partial charge in [0, 0.05) is 23.2 Å². The molecule has 1 N–H and O–H groups in total. The largest absolute Gasteiger partial charge is 0.494 e. The zero-order valence-corrected chi connectivity index (χ0v) is 14.2. The smallest absolute Gasteiger partial charge is 0.337 e. The lowest BCUT2D eigenvalue weighted by atomic mass is 9.80. The van der Waals surface area contributed by atoms with Crippen molar-refractivity contribution in [3.8, 4) is 17.2 Å². The lowest BCUT2D eigenvalue weighted by Gasteiger charge is -2.28. The highest BCUT2D eigenvalue weighted by atomic mass is 16.7. The van der Waals surface area contributed by atoms with Gasteiger partial charge in [-0.15, -0.1) is 0 Å². The number of carbonyl (C=O) groups excluding carboxylic acids is 1. The normalized spacial score (nSPS) is 19.6. The summed E-state index contributed by atoms with van der Waals surface area (Å²) in [5.74, 6) is 1.56. The quantitative estimate of drug-likeness (QED) is 0.857. The van der Waals surface area contributed by atoms with Crippen molar-refractivity contribution < 1.29 is 23.7 Å². The molecule has 6 nitrogen and oxygen atoms in total. The third kappa shape index (κ3) is 2.15. The van der Waals surface area contributed by atoms with Gasteiger partial charge in [0.1, 0.15) is 12.4 Å². The lowest BCUT2D eigenvalue weighted by molar-refractivity contribution is -0.136. The standard InChI is InChI=1S/C20H17NO5/c1-2-23-15-6-4-3-5-11(15)18-12-7-16-17(26-10-25-16)8-13(12)21-14-9-24-20(22)19(14)18/h3-8,18,21H,2,9-10H2,1H3/t18-/m1/s1. The van der Waals surface area contributed by atoms with E-state index in [2.05, 4.69) is 5.32 Å². The second kappa shape index (κ2) is 5.69. The van der Waals surface area contributed by atoms with Crippen LogP contribution in [-0.2, 0) is 9.53 Å². The van der Waals surface area contributed by atoms with Crippen LogP contribution in [0.1, 0.15) is 24.0 Å². The molecule has 6 heteroatoms. The number of anilines is 1. The summed E-state index contributed by atoms with van der Waals surface area (Å²) < 4.78 is 22.2. The van der Waals surface area contributed by atoms with Crippen molar-refractivity contribution in [3.05, 3.63) is 58.8 Å². The van der Waals surface area contributed by atoms with E-state index in [9.17, 15) is 4.79 Å². The Labute approximate surface area is 150 Å². The van der Waals surface area contributed by atoms with Gasteiger partial charge in [0.15, 0.2) is 11.5 Å². The van der Waals surface area contributed by atoms with Crippen LogP contribution < -0.4 is 19.5 Å². The van der Waals surface area contributed by atoms with Crippen LogP contribution >= 0.6 is 0 Å². The highest BCUT2D eigenvalue weighted by molar-refractivity contribution is 5.97. The fraction of sp³-hybridized carbons (Fsp3) is 0.250. The molecule has 3 aliphatic heterocycles. The minimum atomic E-state index is -0.299. The van der Waals surface area contributed by atoms with Crippen LogP contribution in [0.3, 0.4) is 0 Å². The van der Waals surface area contributed by atoms with Crippen LogP contribution in [0, 0.1) is 0 Å². The monoisotopic (exact) mass is 351 g/mol. The molecule has 0 aromatic heterocycles. The van der Waals surface area contributed by atoms with Gasteiger partial charge in [0.05, 0.1) is 17.9 Å². The highest BCUT2D eigenvalue weighted by Crippen LogP contribution is 2.50. The van der Waals surface area contributed by atoms with Gasteiger partial charge in [-0.3, -0.25) is 0 Å².